The van der Waals surface area contributed by atoms with Gasteiger partial charge in [-0.05, 0) is 11.5 Å². The standard InChI is InChI=1S/C16H24N4O3S/c1-16(2,3)11-9-10(13(24-11)19-15(23)17-4)14(22)20-7-5-12(21)18-6-8-20/h9H,5-8H2,1-4H3,(H,18,21)(H2,17,19,23). The molecular formula is C16H24N4O3S. The molecule has 2 rings (SSSR count). The van der Waals surface area contributed by atoms with Gasteiger partial charge in [-0.25, -0.2) is 4.79 Å². The molecule has 1 aliphatic rings. The average molecular weight is 352 g/mol. The van der Waals surface area contributed by atoms with E-state index in [4.69, 9.17) is 0 Å². The predicted molar refractivity (Wildman–Crippen MR) is 94.6 cm³/mol. The highest BCUT2D eigenvalue weighted by atomic mass is 32.1. The molecule has 0 bridgehead atoms. The third kappa shape index (κ3) is 4.25. The molecule has 1 fully saturated rings. The van der Waals surface area contributed by atoms with E-state index in [1.165, 1.54) is 18.4 Å². The third-order valence-electron chi connectivity index (χ3n) is 3.76. The number of nitrogens with zero attached hydrogens (tertiary/aromatic N) is 1. The van der Waals surface area contributed by atoms with Crippen LogP contribution in [-0.2, 0) is 10.2 Å². The van der Waals surface area contributed by atoms with Gasteiger partial charge in [0.1, 0.15) is 5.00 Å². The van der Waals surface area contributed by atoms with Crippen LogP contribution in [0.15, 0.2) is 6.07 Å². The zero-order valence-corrected chi connectivity index (χ0v) is 15.3. The molecule has 1 saturated heterocycles. The molecule has 24 heavy (non-hydrogen) atoms. The minimum absolute atomic E-state index is 0.0466. The van der Waals surface area contributed by atoms with Gasteiger partial charge in [0.15, 0.2) is 0 Å². The van der Waals surface area contributed by atoms with Gasteiger partial charge in [0.05, 0.1) is 5.56 Å². The van der Waals surface area contributed by atoms with Crippen LogP contribution in [0.4, 0.5) is 9.80 Å². The van der Waals surface area contributed by atoms with Gasteiger partial charge in [-0.1, -0.05) is 20.8 Å². The summed E-state index contributed by atoms with van der Waals surface area (Å²) in [6, 6.07) is 1.48. The van der Waals surface area contributed by atoms with Crippen molar-refractivity contribution in [1.82, 2.24) is 15.5 Å². The molecule has 0 aliphatic carbocycles. The molecule has 0 saturated carbocycles. The fourth-order valence-corrected chi connectivity index (χ4v) is 3.42. The van der Waals surface area contributed by atoms with Crippen molar-refractivity contribution in [1.29, 1.82) is 0 Å². The van der Waals surface area contributed by atoms with Gasteiger partial charge in [-0.15, -0.1) is 11.3 Å². The van der Waals surface area contributed by atoms with E-state index in [9.17, 15) is 14.4 Å². The Morgan fingerprint density at radius 1 is 1.29 bits per heavy atom. The molecule has 3 N–H and O–H groups in total. The van der Waals surface area contributed by atoms with Gasteiger partial charge in [0.2, 0.25) is 5.91 Å². The first kappa shape index (κ1) is 18.3. The number of nitrogens with one attached hydrogen (secondary N) is 3. The molecule has 4 amide bonds. The smallest absolute Gasteiger partial charge is 0.319 e. The largest absolute Gasteiger partial charge is 0.354 e. The number of hydrogen-bond acceptors (Lipinski definition) is 4. The SMILES string of the molecule is CNC(=O)Nc1sc(C(C)(C)C)cc1C(=O)N1CCNC(=O)CC1. The van der Waals surface area contributed by atoms with E-state index in [0.29, 0.717) is 36.6 Å². The van der Waals surface area contributed by atoms with Crippen LogP contribution in [0.5, 0.6) is 0 Å². The summed E-state index contributed by atoms with van der Waals surface area (Å²) in [7, 11) is 1.53. The van der Waals surface area contributed by atoms with Crippen LogP contribution in [-0.4, -0.2) is 49.4 Å². The van der Waals surface area contributed by atoms with Crippen molar-refractivity contribution in [2.75, 3.05) is 32.0 Å². The van der Waals surface area contributed by atoms with Crippen molar-refractivity contribution in [3.05, 3.63) is 16.5 Å². The Balaban J connectivity index is 2.32. The first-order valence-corrected chi connectivity index (χ1v) is 8.73. The Hall–Kier alpha value is -2.09. The number of amides is 4. The Bertz CT molecular complexity index is 648. The highest BCUT2D eigenvalue weighted by Gasteiger charge is 2.27. The Morgan fingerprint density at radius 2 is 2.00 bits per heavy atom. The molecule has 1 aliphatic heterocycles. The highest BCUT2D eigenvalue weighted by molar-refractivity contribution is 7.16. The predicted octanol–water partition coefficient (Wildman–Crippen LogP) is 1.76. The van der Waals surface area contributed by atoms with E-state index < -0.39 is 0 Å². The molecule has 132 valence electrons. The zero-order valence-electron chi connectivity index (χ0n) is 14.5. The molecular weight excluding hydrogens is 328 g/mol. The lowest BCUT2D eigenvalue weighted by Crippen LogP contribution is -2.34. The van der Waals surface area contributed by atoms with E-state index in [1.54, 1.807) is 4.90 Å². The number of thiophene rings is 1. The summed E-state index contributed by atoms with van der Waals surface area (Å²) in [4.78, 5) is 38.7. The van der Waals surface area contributed by atoms with Crippen LogP contribution in [0.3, 0.4) is 0 Å². The summed E-state index contributed by atoms with van der Waals surface area (Å²) in [5, 5.41) is 8.53. The van der Waals surface area contributed by atoms with Gasteiger partial charge in [0.25, 0.3) is 5.91 Å². The van der Waals surface area contributed by atoms with E-state index in [0.717, 1.165) is 4.88 Å². The fraction of sp³-hybridized carbons (Fsp3) is 0.562. The van der Waals surface area contributed by atoms with Crippen LogP contribution in [0.2, 0.25) is 0 Å². The molecule has 7 nitrogen and oxygen atoms in total. The minimum atomic E-state index is -0.362. The Labute approximate surface area is 145 Å². The van der Waals surface area contributed by atoms with Crippen molar-refractivity contribution in [2.24, 2.45) is 0 Å². The number of carbonyl (C=O) groups excluding carboxylic acids is 3. The Morgan fingerprint density at radius 3 is 2.62 bits per heavy atom. The first-order valence-electron chi connectivity index (χ1n) is 7.91. The number of carbonyl (C=O) groups is 3. The monoisotopic (exact) mass is 352 g/mol. The maximum Gasteiger partial charge on any atom is 0.319 e. The lowest BCUT2D eigenvalue weighted by Gasteiger charge is -2.19. The topological polar surface area (TPSA) is 90.5 Å². The quantitative estimate of drug-likeness (QED) is 0.757. The normalized spacial score (nSPS) is 15.5. The van der Waals surface area contributed by atoms with Crippen molar-refractivity contribution < 1.29 is 14.4 Å². The second-order valence-corrected chi connectivity index (χ2v) is 7.75. The molecule has 1 aromatic rings. The van der Waals surface area contributed by atoms with Crippen LogP contribution in [0.1, 0.15) is 42.4 Å². The summed E-state index contributed by atoms with van der Waals surface area (Å²) >= 11 is 1.41. The van der Waals surface area contributed by atoms with E-state index in [1.807, 2.05) is 6.07 Å². The number of rotatable bonds is 2. The Kier molecular flexibility index (Phi) is 5.48. The molecule has 0 atom stereocenters. The van der Waals surface area contributed by atoms with Gasteiger partial charge >= 0.3 is 6.03 Å². The van der Waals surface area contributed by atoms with Crippen LogP contribution >= 0.6 is 11.3 Å². The summed E-state index contributed by atoms with van der Waals surface area (Å²) in [5.74, 6) is -0.209. The maximum atomic E-state index is 12.9. The number of anilines is 1. The second-order valence-electron chi connectivity index (χ2n) is 6.70. The fourth-order valence-electron chi connectivity index (χ4n) is 2.32. The first-order chi connectivity index (χ1) is 11.2. The van der Waals surface area contributed by atoms with Crippen molar-refractivity contribution in [3.8, 4) is 0 Å². The van der Waals surface area contributed by atoms with Crippen LogP contribution in [0, 0.1) is 0 Å². The number of hydrogen-bond donors (Lipinski definition) is 3. The van der Waals surface area contributed by atoms with Gasteiger partial charge in [-0.3, -0.25) is 14.9 Å². The lowest BCUT2D eigenvalue weighted by molar-refractivity contribution is -0.120. The number of urea groups is 1. The molecule has 8 heteroatoms. The van der Waals surface area contributed by atoms with Crippen LogP contribution < -0.4 is 16.0 Å². The van der Waals surface area contributed by atoms with E-state index in [-0.39, 0.29) is 23.3 Å². The van der Waals surface area contributed by atoms with Gasteiger partial charge in [-0.2, -0.15) is 0 Å². The summed E-state index contributed by atoms with van der Waals surface area (Å²) in [6.45, 7) is 7.47. The molecule has 0 spiro atoms. The highest BCUT2D eigenvalue weighted by Crippen LogP contribution is 2.36. The molecule has 2 heterocycles. The van der Waals surface area contributed by atoms with Gasteiger partial charge < -0.3 is 15.5 Å². The summed E-state index contributed by atoms with van der Waals surface area (Å²) in [6.07, 6.45) is 0.292. The molecule has 0 aromatic carbocycles. The minimum Gasteiger partial charge on any atom is -0.354 e. The van der Waals surface area contributed by atoms with Crippen molar-refractivity contribution in [3.63, 3.8) is 0 Å². The summed E-state index contributed by atoms with van der Waals surface area (Å²) < 4.78 is 0. The van der Waals surface area contributed by atoms with E-state index in [2.05, 4.69) is 36.7 Å². The van der Waals surface area contributed by atoms with Gasteiger partial charge in [0, 0.05) is 38.0 Å². The molecule has 0 radical (unpaired) electrons. The third-order valence-corrected chi connectivity index (χ3v) is 5.23. The lowest BCUT2D eigenvalue weighted by atomic mass is 9.94. The zero-order chi connectivity index (χ0) is 17.9. The van der Waals surface area contributed by atoms with Crippen LogP contribution in [0.25, 0.3) is 0 Å². The van der Waals surface area contributed by atoms with Crippen molar-refractivity contribution >= 4 is 34.2 Å². The van der Waals surface area contributed by atoms with Crippen molar-refractivity contribution in [2.45, 2.75) is 32.6 Å². The maximum absolute atomic E-state index is 12.9. The average Bonchev–Trinajstić information content (AvgIpc) is 2.81. The molecule has 0 unspecified atom stereocenters. The molecule has 1 aromatic heterocycles. The van der Waals surface area contributed by atoms with E-state index >= 15 is 0 Å². The summed E-state index contributed by atoms with van der Waals surface area (Å²) in [5.41, 5.74) is 0.349. The second kappa shape index (κ2) is 7.21.